The summed E-state index contributed by atoms with van der Waals surface area (Å²) in [5.41, 5.74) is 2.20. The lowest BCUT2D eigenvalue weighted by Gasteiger charge is -2.10. The highest BCUT2D eigenvalue weighted by molar-refractivity contribution is 5.81. The van der Waals surface area contributed by atoms with Gasteiger partial charge in [-0.3, -0.25) is 9.48 Å². The highest BCUT2D eigenvalue weighted by Crippen LogP contribution is 2.18. The van der Waals surface area contributed by atoms with Crippen LogP contribution in [0.5, 0.6) is 0 Å². The van der Waals surface area contributed by atoms with Gasteiger partial charge in [0.25, 0.3) is 0 Å². The van der Waals surface area contributed by atoms with Gasteiger partial charge in [-0.1, -0.05) is 18.2 Å². The first-order valence-corrected chi connectivity index (χ1v) is 6.98. The van der Waals surface area contributed by atoms with Crippen LogP contribution >= 0.6 is 0 Å². The Morgan fingerprint density at radius 3 is 2.80 bits per heavy atom. The zero-order chi connectivity index (χ0) is 14.5. The smallest absolute Gasteiger partial charge is 0.223 e. The van der Waals surface area contributed by atoms with Crippen LogP contribution in [0.1, 0.15) is 19.0 Å². The van der Waals surface area contributed by atoms with E-state index < -0.39 is 0 Å². The van der Waals surface area contributed by atoms with Crippen LogP contribution in [0.2, 0.25) is 0 Å². The minimum atomic E-state index is 0.140. The van der Waals surface area contributed by atoms with Crippen molar-refractivity contribution in [3.8, 4) is 0 Å². The minimum Gasteiger partial charge on any atom is -0.349 e. The molecule has 1 amide bonds. The lowest BCUT2D eigenvalue weighted by atomic mass is 10.2. The predicted molar refractivity (Wildman–Crippen MR) is 80.4 cm³/mol. The third kappa shape index (κ3) is 3.17. The third-order valence-electron chi connectivity index (χ3n) is 3.34. The van der Waals surface area contributed by atoms with Crippen molar-refractivity contribution in [3.05, 3.63) is 30.0 Å². The van der Waals surface area contributed by atoms with Crippen LogP contribution in [0.4, 0.5) is 0 Å². The molecule has 2 aromatic rings. The van der Waals surface area contributed by atoms with Crippen molar-refractivity contribution in [1.29, 1.82) is 0 Å². The number of carbonyl (C=O) groups is 1. The van der Waals surface area contributed by atoms with E-state index >= 15 is 0 Å². The number of hydrogen-bond acceptors (Lipinski definition) is 3. The molecule has 0 radical (unpaired) electrons. The average Bonchev–Trinajstić information content (AvgIpc) is 2.81. The van der Waals surface area contributed by atoms with Crippen molar-refractivity contribution < 1.29 is 4.79 Å². The fourth-order valence-corrected chi connectivity index (χ4v) is 2.19. The molecule has 0 atom stereocenters. The molecule has 108 valence electrons. The molecule has 0 saturated carbocycles. The Morgan fingerprint density at radius 2 is 2.10 bits per heavy atom. The van der Waals surface area contributed by atoms with Gasteiger partial charge >= 0.3 is 0 Å². The standard InChI is InChI=1S/C15H22N4O/c1-4-19-14-8-6-5-7-12(14)13(17-19)11-16-10-9-15(20)18(2)3/h5-8,16H,4,9-11H2,1-3H3. The number of aryl methyl sites for hydroxylation is 1. The number of rotatable bonds is 6. The summed E-state index contributed by atoms with van der Waals surface area (Å²) in [5.74, 6) is 0.140. The second-order valence-corrected chi connectivity index (χ2v) is 4.99. The van der Waals surface area contributed by atoms with Crippen LogP contribution in [-0.4, -0.2) is 41.2 Å². The molecule has 0 aliphatic rings. The number of nitrogens with zero attached hydrogens (tertiary/aromatic N) is 3. The molecule has 0 fully saturated rings. The van der Waals surface area contributed by atoms with E-state index in [1.165, 1.54) is 5.39 Å². The summed E-state index contributed by atoms with van der Waals surface area (Å²) in [4.78, 5) is 13.1. The van der Waals surface area contributed by atoms with E-state index in [1.807, 2.05) is 16.8 Å². The molecular formula is C15H22N4O. The van der Waals surface area contributed by atoms with Gasteiger partial charge in [-0.2, -0.15) is 5.10 Å². The van der Waals surface area contributed by atoms with Crippen molar-refractivity contribution in [3.63, 3.8) is 0 Å². The average molecular weight is 274 g/mol. The number of aromatic nitrogens is 2. The molecular weight excluding hydrogens is 252 g/mol. The Labute approximate surface area is 119 Å². The summed E-state index contributed by atoms with van der Waals surface area (Å²) in [6.07, 6.45) is 0.513. The summed E-state index contributed by atoms with van der Waals surface area (Å²) in [6.45, 7) is 4.31. The molecule has 20 heavy (non-hydrogen) atoms. The van der Waals surface area contributed by atoms with E-state index in [1.54, 1.807) is 19.0 Å². The lowest BCUT2D eigenvalue weighted by molar-refractivity contribution is -0.128. The van der Waals surface area contributed by atoms with Gasteiger partial charge in [-0.15, -0.1) is 0 Å². The van der Waals surface area contributed by atoms with E-state index in [2.05, 4.69) is 29.5 Å². The number of amides is 1. The second kappa shape index (κ2) is 6.52. The van der Waals surface area contributed by atoms with Crippen molar-refractivity contribution in [1.82, 2.24) is 20.0 Å². The Morgan fingerprint density at radius 1 is 1.35 bits per heavy atom. The largest absolute Gasteiger partial charge is 0.349 e. The topological polar surface area (TPSA) is 50.2 Å². The predicted octanol–water partition coefficient (Wildman–Crippen LogP) is 1.62. The third-order valence-corrected chi connectivity index (χ3v) is 3.34. The first kappa shape index (κ1) is 14.5. The summed E-state index contributed by atoms with van der Waals surface area (Å²) in [6, 6.07) is 8.24. The zero-order valence-corrected chi connectivity index (χ0v) is 12.4. The van der Waals surface area contributed by atoms with Gasteiger partial charge in [-0.05, 0) is 13.0 Å². The maximum absolute atomic E-state index is 11.5. The van der Waals surface area contributed by atoms with Crippen molar-refractivity contribution in [2.75, 3.05) is 20.6 Å². The maximum Gasteiger partial charge on any atom is 0.223 e. The monoisotopic (exact) mass is 274 g/mol. The number of hydrogen-bond donors (Lipinski definition) is 1. The molecule has 5 nitrogen and oxygen atoms in total. The van der Waals surface area contributed by atoms with E-state index in [0.29, 0.717) is 19.5 Å². The molecule has 0 aliphatic carbocycles. The fraction of sp³-hybridized carbons (Fsp3) is 0.467. The lowest BCUT2D eigenvalue weighted by Crippen LogP contribution is -2.26. The summed E-state index contributed by atoms with van der Waals surface area (Å²) in [7, 11) is 3.55. The fourth-order valence-electron chi connectivity index (χ4n) is 2.19. The normalized spacial score (nSPS) is 10.9. The van der Waals surface area contributed by atoms with Crippen LogP contribution in [0.3, 0.4) is 0 Å². The van der Waals surface area contributed by atoms with E-state index in [0.717, 1.165) is 17.8 Å². The highest BCUT2D eigenvalue weighted by atomic mass is 16.2. The zero-order valence-electron chi connectivity index (χ0n) is 12.4. The molecule has 1 N–H and O–H groups in total. The van der Waals surface area contributed by atoms with Crippen LogP contribution < -0.4 is 5.32 Å². The van der Waals surface area contributed by atoms with Gasteiger partial charge in [0, 0.05) is 45.5 Å². The quantitative estimate of drug-likeness (QED) is 0.814. The van der Waals surface area contributed by atoms with Crippen molar-refractivity contribution in [2.45, 2.75) is 26.4 Å². The molecule has 0 bridgehead atoms. The molecule has 5 heteroatoms. The van der Waals surface area contributed by atoms with Gasteiger partial charge in [-0.25, -0.2) is 0 Å². The molecule has 0 saturated heterocycles. The van der Waals surface area contributed by atoms with Crippen LogP contribution in [-0.2, 0) is 17.9 Å². The number of fused-ring (bicyclic) bond motifs is 1. The van der Waals surface area contributed by atoms with Gasteiger partial charge in [0.2, 0.25) is 5.91 Å². The minimum absolute atomic E-state index is 0.140. The Kier molecular flexibility index (Phi) is 4.74. The van der Waals surface area contributed by atoms with Crippen LogP contribution in [0.25, 0.3) is 10.9 Å². The Balaban J connectivity index is 1.98. The Hall–Kier alpha value is -1.88. The van der Waals surface area contributed by atoms with E-state index in [-0.39, 0.29) is 5.91 Å². The summed E-state index contributed by atoms with van der Waals surface area (Å²) in [5, 5.41) is 9.09. The van der Waals surface area contributed by atoms with Gasteiger partial charge in [0.1, 0.15) is 0 Å². The first-order valence-electron chi connectivity index (χ1n) is 6.98. The van der Waals surface area contributed by atoms with Crippen molar-refractivity contribution >= 4 is 16.8 Å². The van der Waals surface area contributed by atoms with Crippen LogP contribution in [0.15, 0.2) is 24.3 Å². The van der Waals surface area contributed by atoms with Gasteiger partial charge in [0.05, 0.1) is 11.2 Å². The van der Waals surface area contributed by atoms with Crippen molar-refractivity contribution in [2.24, 2.45) is 0 Å². The second-order valence-electron chi connectivity index (χ2n) is 4.99. The number of para-hydroxylation sites is 1. The molecule has 0 spiro atoms. The molecule has 1 aromatic carbocycles. The molecule has 0 unspecified atom stereocenters. The number of nitrogens with one attached hydrogen (secondary N) is 1. The highest BCUT2D eigenvalue weighted by Gasteiger charge is 2.09. The Bertz CT molecular complexity index is 589. The van der Waals surface area contributed by atoms with Crippen LogP contribution in [0, 0.1) is 0 Å². The summed E-state index contributed by atoms with van der Waals surface area (Å²) >= 11 is 0. The molecule has 1 aromatic heterocycles. The van der Waals surface area contributed by atoms with E-state index in [4.69, 9.17) is 0 Å². The molecule has 2 rings (SSSR count). The summed E-state index contributed by atoms with van der Waals surface area (Å²) < 4.78 is 2.01. The van der Waals surface area contributed by atoms with Gasteiger partial charge in [0.15, 0.2) is 0 Å². The maximum atomic E-state index is 11.5. The SMILES string of the molecule is CCn1nc(CNCCC(=O)N(C)C)c2ccccc21. The number of benzene rings is 1. The van der Waals surface area contributed by atoms with E-state index in [9.17, 15) is 4.79 Å². The number of carbonyl (C=O) groups excluding carboxylic acids is 1. The molecule has 0 aliphatic heterocycles. The van der Waals surface area contributed by atoms with Gasteiger partial charge < -0.3 is 10.2 Å². The molecule has 1 heterocycles. The first-order chi connectivity index (χ1) is 9.63.